The summed E-state index contributed by atoms with van der Waals surface area (Å²) in [5.74, 6) is 1.32. The number of nitrogens with zero attached hydrogens (tertiary/aromatic N) is 1. The number of hydrogen-bond acceptors (Lipinski definition) is 5. The number of fused-ring (bicyclic) bond motifs is 1. The van der Waals surface area contributed by atoms with Crippen LogP contribution < -0.4 is 24.4 Å². The number of rotatable bonds is 4. The summed E-state index contributed by atoms with van der Waals surface area (Å²) in [6.07, 6.45) is 0.183. The van der Waals surface area contributed by atoms with E-state index in [0.717, 1.165) is 11.4 Å². The molecule has 26 heavy (non-hydrogen) atoms. The Balaban J connectivity index is 1.43. The van der Waals surface area contributed by atoms with Crippen molar-refractivity contribution in [2.45, 2.75) is 6.42 Å². The second kappa shape index (κ2) is 6.59. The van der Waals surface area contributed by atoms with Crippen LogP contribution in [0.4, 0.5) is 11.4 Å². The highest BCUT2D eigenvalue weighted by Crippen LogP contribution is 2.34. The Morgan fingerprint density at radius 2 is 1.92 bits per heavy atom. The van der Waals surface area contributed by atoms with Crippen molar-refractivity contribution in [2.24, 2.45) is 5.92 Å². The van der Waals surface area contributed by atoms with Gasteiger partial charge in [0.1, 0.15) is 5.75 Å². The number of benzene rings is 2. The van der Waals surface area contributed by atoms with Crippen LogP contribution in [0, 0.1) is 5.92 Å². The van der Waals surface area contributed by atoms with Gasteiger partial charge in [-0.05, 0) is 36.4 Å². The molecule has 2 aliphatic heterocycles. The standard InChI is InChI=1S/C19H18N2O5/c1-24-15-5-3-14(4-6-15)21-10-12(8-18(21)22)19(23)20-13-2-7-16-17(9-13)26-11-25-16/h2-7,9,12H,8,10-11H2,1H3,(H,20,23)/t12-/m0/s1. The Morgan fingerprint density at radius 1 is 1.15 bits per heavy atom. The second-order valence-electron chi connectivity index (χ2n) is 6.16. The number of anilines is 2. The van der Waals surface area contributed by atoms with Crippen molar-refractivity contribution < 1.29 is 23.8 Å². The van der Waals surface area contributed by atoms with Crippen LogP contribution >= 0.6 is 0 Å². The van der Waals surface area contributed by atoms with Crippen molar-refractivity contribution >= 4 is 23.2 Å². The normalized spacial score (nSPS) is 18.1. The van der Waals surface area contributed by atoms with Gasteiger partial charge in [-0.2, -0.15) is 0 Å². The van der Waals surface area contributed by atoms with E-state index in [1.165, 1.54) is 0 Å². The summed E-state index contributed by atoms with van der Waals surface area (Å²) in [6.45, 7) is 0.530. The molecule has 0 radical (unpaired) electrons. The molecular weight excluding hydrogens is 336 g/mol. The molecule has 1 N–H and O–H groups in total. The predicted molar refractivity (Wildman–Crippen MR) is 94.6 cm³/mol. The van der Waals surface area contributed by atoms with Crippen LogP contribution in [0.3, 0.4) is 0 Å². The molecule has 2 heterocycles. The topological polar surface area (TPSA) is 77.1 Å². The third-order valence-corrected chi connectivity index (χ3v) is 4.52. The van der Waals surface area contributed by atoms with Crippen molar-refractivity contribution in [3.63, 3.8) is 0 Å². The van der Waals surface area contributed by atoms with Crippen molar-refractivity contribution in [1.29, 1.82) is 0 Å². The van der Waals surface area contributed by atoms with Crippen LogP contribution in [-0.4, -0.2) is 32.3 Å². The third-order valence-electron chi connectivity index (χ3n) is 4.52. The molecule has 1 fully saturated rings. The van der Waals surface area contributed by atoms with E-state index in [9.17, 15) is 9.59 Å². The molecule has 7 nitrogen and oxygen atoms in total. The highest BCUT2D eigenvalue weighted by Gasteiger charge is 2.35. The molecule has 4 rings (SSSR count). The third kappa shape index (κ3) is 3.03. The van der Waals surface area contributed by atoms with Gasteiger partial charge in [0, 0.05) is 30.4 Å². The quantitative estimate of drug-likeness (QED) is 0.912. The summed E-state index contributed by atoms with van der Waals surface area (Å²) in [5.41, 5.74) is 1.38. The maximum atomic E-state index is 12.6. The van der Waals surface area contributed by atoms with Crippen LogP contribution in [0.5, 0.6) is 17.2 Å². The van der Waals surface area contributed by atoms with Gasteiger partial charge in [0.2, 0.25) is 18.6 Å². The van der Waals surface area contributed by atoms with Gasteiger partial charge in [-0.25, -0.2) is 0 Å². The summed E-state index contributed by atoms with van der Waals surface area (Å²) in [6, 6.07) is 12.4. The summed E-state index contributed by atoms with van der Waals surface area (Å²) in [7, 11) is 1.59. The lowest BCUT2D eigenvalue weighted by atomic mass is 10.1. The fourth-order valence-corrected chi connectivity index (χ4v) is 3.11. The van der Waals surface area contributed by atoms with E-state index in [0.29, 0.717) is 23.7 Å². The smallest absolute Gasteiger partial charge is 0.231 e. The number of ether oxygens (including phenoxy) is 3. The van der Waals surface area contributed by atoms with E-state index in [-0.39, 0.29) is 25.0 Å². The highest BCUT2D eigenvalue weighted by molar-refractivity contribution is 6.03. The zero-order chi connectivity index (χ0) is 18.1. The molecule has 2 aromatic rings. The predicted octanol–water partition coefficient (Wildman–Crippen LogP) is 2.42. The molecule has 0 saturated carbocycles. The maximum Gasteiger partial charge on any atom is 0.231 e. The fraction of sp³-hybridized carbons (Fsp3) is 0.263. The minimum atomic E-state index is -0.407. The van der Waals surface area contributed by atoms with Crippen LogP contribution in [0.15, 0.2) is 42.5 Å². The molecule has 0 unspecified atom stereocenters. The lowest BCUT2D eigenvalue weighted by molar-refractivity contribution is -0.122. The first-order chi connectivity index (χ1) is 12.6. The summed E-state index contributed by atoms with van der Waals surface area (Å²) < 4.78 is 15.7. The fourth-order valence-electron chi connectivity index (χ4n) is 3.11. The van der Waals surface area contributed by atoms with E-state index < -0.39 is 5.92 Å². The molecule has 0 bridgehead atoms. The number of carbonyl (C=O) groups is 2. The number of carbonyl (C=O) groups excluding carboxylic acids is 2. The molecular formula is C19H18N2O5. The highest BCUT2D eigenvalue weighted by atomic mass is 16.7. The lowest BCUT2D eigenvalue weighted by Crippen LogP contribution is -2.28. The Bertz CT molecular complexity index is 850. The average molecular weight is 354 g/mol. The van der Waals surface area contributed by atoms with Gasteiger partial charge < -0.3 is 24.4 Å². The number of amides is 2. The van der Waals surface area contributed by atoms with Crippen LogP contribution in [0.25, 0.3) is 0 Å². The van der Waals surface area contributed by atoms with E-state index >= 15 is 0 Å². The molecule has 1 atom stereocenters. The first kappa shape index (κ1) is 16.3. The van der Waals surface area contributed by atoms with Crippen LogP contribution in [-0.2, 0) is 9.59 Å². The zero-order valence-electron chi connectivity index (χ0n) is 14.2. The van der Waals surface area contributed by atoms with Gasteiger partial charge in [0.25, 0.3) is 0 Å². The van der Waals surface area contributed by atoms with Crippen LogP contribution in [0.1, 0.15) is 6.42 Å². The zero-order valence-corrected chi connectivity index (χ0v) is 14.2. The molecule has 2 aliphatic rings. The second-order valence-corrected chi connectivity index (χ2v) is 6.16. The molecule has 2 aromatic carbocycles. The van der Waals surface area contributed by atoms with Gasteiger partial charge in [-0.1, -0.05) is 0 Å². The summed E-state index contributed by atoms with van der Waals surface area (Å²) >= 11 is 0. The molecule has 0 aliphatic carbocycles. The largest absolute Gasteiger partial charge is 0.497 e. The van der Waals surface area contributed by atoms with Gasteiger partial charge >= 0.3 is 0 Å². The van der Waals surface area contributed by atoms with Gasteiger partial charge in [0.05, 0.1) is 13.0 Å². The first-order valence-corrected chi connectivity index (χ1v) is 8.29. The average Bonchev–Trinajstić information content (AvgIpc) is 3.28. The van der Waals surface area contributed by atoms with E-state index in [1.807, 2.05) is 12.1 Å². The van der Waals surface area contributed by atoms with E-state index in [4.69, 9.17) is 14.2 Å². The van der Waals surface area contributed by atoms with Crippen molar-refractivity contribution in [1.82, 2.24) is 0 Å². The molecule has 7 heteroatoms. The Hall–Kier alpha value is -3.22. The molecule has 134 valence electrons. The molecule has 1 saturated heterocycles. The number of hydrogen-bond donors (Lipinski definition) is 1. The van der Waals surface area contributed by atoms with Gasteiger partial charge in [0.15, 0.2) is 11.5 Å². The Kier molecular flexibility index (Phi) is 4.12. The Labute approximate surface area is 150 Å². The minimum Gasteiger partial charge on any atom is -0.497 e. The van der Waals surface area contributed by atoms with Crippen LogP contribution in [0.2, 0.25) is 0 Å². The number of methoxy groups -OCH3 is 1. The molecule has 0 spiro atoms. The van der Waals surface area contributed by atoms with Gasteiger partial charge in [-0.3, -0.25) is 9.59 Å². The monoisotopic (exact) mass is 354 g/mol. The molecule has 2 amide bonds. The Morgan fingerprint density at radius 3 is 2.69 bits per heavy atom. The van der Waals surface area contributed by atoms with Crippen molar-refractivity contribution in [3.8, 4) is 17.2 Å². The molecule has 0 aromatic heterocycles. The van der Waals surface area contributed by atoms with Crippen molar-refractivity contribution in [2.75, 3.05) is 30.7 Å². The van der Waals surface area contributed by atoms with E-state index in [1.54, 1.807) is 42.3 Å². The summed E-state index contributed by atoms with van der Waals surface area (Å²) in [5, 5.41) is 2.85. The summed E-state index contributed by atoms with van der Waals surface area (Å²) in [4.78, 5) is 26.5. The minimum absolute atomic E-state index is 0.0685. The van der Waals surface area contributed by atoms with Gasteiger partial charge in [-0.15, -0.1) is 0 Å². The van der Waals surface area contributed by atoms with Crippen molar-refractivity contribution in [3.05, 3.63) is 42.5 Å². The SMILES string of the molecule is COc1ccc(N2C[C@@H](C(=O)Nc3ccc4c(c3)OCO4)CC2=O)cc1. The first-order valence-electron chi connectivity index (χ1n) is 8.29. The maximum absolute atomic E-state index is 12.6. The lowest BCUT2D eigenvalue weighted by Gasteiger charge is -2.17. The number of nitrogens with one attached hydrogen (secondary N) is 1. The van der Waals surface area contributed by atoms with E-state index in [2.05, 4.69) is 5.32 Å².